The van der Waals surface area contributed by atoms with Crippen molar-refractivity contribution in [2.45, 2.75) is 83.5 Å². The zero-order valence-corrected chi connectivity index (χ0v) is 45.8. The van der Waals surface area contributed by atoms with E-state index >= 15 is 0 Å². The Kier molecular flexibility index (Phi) is 9.66. The molecule has 0 aliphatic heterocycles. The van der Waals surface area contributed by atoms with Crippen LogP contribution in [0.4, 0.5) is 17.1 Å². The highest BCUT2D eigenvalue weighted by atomic mass is 15.1. The van der Waals surface area contributed by atoms with Crippen LogP contribution in [0.25, 0.3) is 82.8 Å². The fraction of sp³-hybridized carbons (Fsp3) is 0.237. The van der Waals surface area contributed by atoms with Gasteiger partial charge in [-0.2, -0.15) is 0 Å². The van der Waals surface area contributed by atoms with Crippen LogP contribution in [-0.2, 0) is 16.2 Å². The van der Waals surface area contributed by atoms with Crippen LogP contribution in [0.3, 0.4) is 0 Å². The first-order valence-corrected chi connectivity index (χ1v) is 28.9. The van der Waals surface area contributed by atoms with Gasteiger partial charge in [0, 0.05) is 44.4 Å². The van der Waals surface area contributed by atoms with Gasteiger partial charge in [0.05, 0.1) is 16.7 Å². The van der Waals surface area contributed by atoms with Gasteiger partial charge < -0.3 is 9.47 Å². The van der Waals surface area contributed by atoms with E-state index in [2.05, 4.69) is 269 Å². The summed E-state index contributed by atoms with van der Waals surface area (Å²) in [5.41, 5.74) is 24.0. The Balaban J connectivity index is 0.910. The standard InChI is InChI=1S/C76H66N2/c1-73(2,3)51-41-50(42-52(43-51)74(4,5)6)57-26-16-19-49-20-17-28-63(71(49)57)61-24-11-14-31-67(61)77(56-37-38-60-59-23-10-13-30-65(59)76(66(60)45-56)69-40-47-39-53-44-70(76)75(53,69)46-47)55-35-33-48(34-36-55)58-27-18-29-64-62-25-12-15-32-68(62)78(72(58)64)54-21-8-7-9-22-54/h7-38,41-43,45,47,53,69-70H,39-40,44,46H2,1-6H3. The van der Waals surface area contributed by atoms with Crippen LogP contribution in [0.15, 0.2) is 218 Å². The fourth-order valence-electron chi connectivity index (χ4n) is 17.1. The molecule has 2 heteroatoms. The molecule has 0 radical (unpaired) electrons. The molecule has 16 rings (SSSR count). The third-order valence-electron chi connectivity index (χ3n) is 20.3. The van der Waals surface area contributed by atoms with Gasteiger partial charge in [0.25, 0.3) is 0 Å². The summed E-state index contributed by atoms with van der Waals surface area (Å²) in [6.45, 7) is 14.1. The van der Waals surface area contributed by atoms with Gasteiger partial charge in [-0.05, 0) is 181 Å². The number of nitrogens with zero attached hydrogens (tertiary/aromatic N) is 2. The number of benzene rings is 10. The van der Waals surface area contributed by atoms with Crippen LogP contribution in [-0.4, -0.2) is 4.57 Å². The number of para-hydroxylation sites is 4. The minimum Gasteiger partial charge on any atom is -0.310 e. The molecule has 2 spiro atoms. The summed E-state index contributed by atoms with van der Waals surface area (Å²) in [6.07, 6.45) is 5.70. The third-order valence-corrected chi connectivity index (χ3v) is 20.3. The van der Waals surface area contributed by atoms with Crippen molar-refractivity contribution in [1.29, 1.82) is 0 Å². The molecule has 0 amide bonds. The molecule has 4 saturated carbocycles. The lowest BCUT2D eigenvalue weighted by atomic mass is 9.27. The van der Waals surface area contributed by atoms with E-state index in [0.29, 0.717) is 5.41 Å². The molecule has 11 aromatic rings. The summed E-state index contributed by atoms with van der Waals surface area (Å²) in [5.74, 6) is 3.28. The van der Waals surface area contributed by atoms with E-state index in [1.54, 1.807) is 11.1 Å². The molecular formula is C76H66N2. The predicted octanol–water partition coefficient (Wildman–Crippen LogP) is 20.3. The Hall–Kier alpha value is -7.94. The maximum absolute atomic E-state index is 2.67. The Morgan fingerprint density at radius 1 is 0.449 bits per heavy atom. The average Bonchev–Trinajstić information content (AvgIpc) is 1.60. The van der Waals surface area contributed by atoms with Crippen LogP contribution >= 0.6 is 0 Å². The van der Waals surface area contributed by atoms with Gasteiger partial charge in [-0.15, -0.1) is 0 Å². The monoisotopic (exact) mass is 1010 g/mol. The molecule has 5 aliphatic carbocycles. The second-order valence-corrected chi connectivity index (χ2v) is 26.1. The molecule has 0 saturated heterocycles. The SMILES string of the molecule is CC(C)(C)c1cc(-c2cccc3cccc(-c4ccccc4N(c4ccc(-c5cccc6c7ccccc7n(-c7ccccc7)c56)cc4)c4ccc5c(c4)C4(c6ccccc6-5)C5CC6CC7CC4C75C6)c23)cc(C(C)(C)C)c1. The number of hydrogen-bond donors (Lipinski definition) is 0. The molecule has 2 bridgehead atoms. The van der Waals surface area contributed by atoms with Gasteiger partial charge in [0.2, 0.25) is 0 Å². The molecule has 5 aliphatic rings. The van der Waals surface area contributed by atoms with Crippen molar-refractivity contribution in [3.05, 3.63) is 241 Å². The first-order chi connectivity index (χ1) is 37.9. The lowest BCUT2D eigenvalue weighted by Crippen LogP contribution is -2.73. The molecule has 1 aromatic heterocycles. The molecular weight excluding hydrogens is 941 g/mol. The topological polar surface area (TPSA) is 8.17 Å². The summed E-state index contributed by atoms with van der Waals surface area (Å²) in [5, 5.41) is 5.06. The second kappa shape index (κ2) is 16.3. The van der Waals surface area contributed by atoms with Crippen LogP contribution in [0.2, 0.25) is 0 Å². The molecule has 2 nitrogen and oxygen atoms in total. The van der Waals surface area contributed by atoms with Crippen LogP contribution < -0.4 is 4.90 Å². The van der Waals surface area contributed by atoms with Crippen molar-refractivity contribution in [2.75, 3.05) is 4.90 Å². The quantitative estimate of drug-likeness (QED) is 0.154. The smallest absolute Gasteiger partial charge is 0.0619 e. The van der Waals surface area contributed by atoms with Crippen LogP contribution in [0, 0.1) is 29.1 Å². The van der Waals surface area contributed by atoms with Crippen molar-refractivity contribution in [1.82, 2.24) is 4.57 Å². The van der Waals surface area contributed by atoms with Crippen LogP contribution in [0.5, 0.6) is 0 Å². The highest BCUT2D eigenvalue weighted by Gasteiger charge is 2.84. The van der Waals surface area contributed by atoms with Gasteiger partial charge in [0.1, 0.15) is 0 Å². The maximum Gasteiger partial charge on any atom is 0.0619 e. The Morgan fingerprint density at radius 2 is 1.06 bits per heavy atom. The second-order valence-electron chi connectivity index (χ2n) is 26.1. The van der Waals surface area contributed by atoms with Crippen molar-refractivity contribution in [2.24, 2.45) is 29.1 Å². The Morgan fingerprint density at radius 3 is 1.83 bits per heavy atom. The van der Waals surface area contributed by atoms with Crippen molar-refractivity contribution in [3.63, 3.8) is 0 Å². The molecule has 10 aromatic carbocycles. The van der Waals surface area contributed by atoms with E-state index in [4.69, 9.17) is 0 Å². The van der Waals surface area contributed by atoms with Gasteiger partial charge in [0.15, 0.2) is 0 Å². The van der Waals surface area contributed by atoms with Gasteiger partial charge in [-0.25, -0.2) is 0 Å². The molecule has 6 atom stereocenters. The van der Waals surface area contributed by atoms with E-state index in [-0.39, 0.29) is 16.2 Å². The van der Waals surface area contributed by atoms with Crippen molar-refractivity contribution in [3.8, 4) is 50.2 Å². The normalized spacial score (nSPS) is 22.4. The summed E-state index contributed by atoms with van der Waals surface area (Å²) < 4.78 is 2.46. The van der Waals surface area contributed by atoms with E-state index in [1.165, 1.54) is 131 Å². The largest absolute Gasteiger partial charge is 0.310 e. The number of fused-ring (bicyclic) bond motifs is 12. The molecule has 1 heterocycles. The van der Waals surface area contributed by atoms with Crippen molar-refractivity contribution < 1.29 is 0 Å². The van der Waals surface area contributed by atoms with E-state index in [1.807, 2.05) is 0 Å². The number of aromatic nitrogens is 1. The van der Waals surface area contributed by atoms with E-state index < -0.39 is 0 Å². The first kappa shape index (κ1) is 46.2. The van der Waals surface area contributed by atoms with Gasteiger partial charge in [-0.3, -0.25) is 0 Å². The van der Waals surface area contributed by atoms with Gasteiger partial charge in [-0.1, -0.05) is 211 Å². The molecule has 380 valence electrons. The third kappa shape index (κ3) is 6.26. The molecule has 4 fully saturated rings. The average molecular weight is 1010 g/mol. The van der Waals surface area contributed by atoms with E-state index in [0.717, 1.165) is 29.4 Å². The van der Waals surface area contributed by atoms with Gasteiger partial charge >= 0.3 is 0 Å². The fourth-order valence-corrected chi connectivity index (χ4v) is 17.1. The molecule has 78 heavy (non-hydrogen) atoms. The molecule has 6 unspecified atom stereocenters. The summed E-state index contributed by atoms with van der Waals surface area (Å²) in [7, 11) is 0. The lowest BCUT2D eigenvalue weighted by molar-refractivity contribution is -0.231. The predicted molar refractivity (Wildman–Crippen MR) is 328 cm³/mol. The Labute approximate surface area is 460 Å². The summed E-state index contributed by atoms with van der Waals surface area (Å²) in [4.78, 5) is 2.61. The summed E-state index contributed by atoms with van der Waals surface area (Å²) in [6, 6.07) is 83.8. The van der Waals surface area contributed by atoms with Crippen molar-refractivity contribution >= 4 is 49.6 Å². The lowest BCUT2D eigenvalue weighted by Gasteiger charge is -2.76. The van der Waals surface area contributed by atoms with E-state index in [9.17, 15) is 0 Å². The number of hydrogen-bond acceptors (Lipinski definition) is 1. The minimum absolute atomic E-state index is 0.00747. The number of anilines is 3. The highest BCUT2D eigenvalue weighted by molar-refractivity contribution is 6.14. The zero-order chi connectivity index (χ0) is 52.5. The summed E-state index contributed by atoms with van der Waals surface area (Å²) >= 11 is 0. The van der Waals surface area contributed by atoms with Crippen LogP contribution in [0.1, 0.15) is 89.5 Å². The molecule has 0 N–H and O–H groups in total. The first-order valence-electron chi connectivity index (χ1n) is 28.9. The minimum atomic E-state index is -0.00747. The highest BCUT2D eigenvalue weighted by Crippen LogP contribution is 2.89. The zero-order valence-electron chi connectivity index (χ0n) is 45.8. The Bertz CT molecular complexity index is 4240. The number of rotatable bonds is 7. The maximum atomic E-state index is 2.67.